The van der Waals surface area contributed by atoms with Crippen molar-refractivity contribution >= 4 is 52.2 Å². The standard InChI is InChI=1S/C28H23N3O6S2/c1-15-5-9-17(10-6-15)31-25(33)22-21(19-4-3-13-37-19)24-27(38-23(22)26(31)34)30(28(35)39-24)14-20(32)29-16-7-11-18(36-2)12-8-16/h3-13,21-23H,14H2,1-2H3,(H,29,32)/t21-,22-,23+/m0/s1. The van der Waals surface area contributed by atoms with Gasteiger partial charge in [-0.2, -0.15) is 0 Å². The molecule has 6 rings (SSSR count). The molecule has 0 spiro atoms. The Bertz CT molecular complexity index is 1620. The molecule has 4 heterocycles. The van der Waals surface area contributed by atoms with Crippen LogP contribution in [0.4, 0.5) is 11.4 Å². The lowest BCUT2D eigenvalue weighted by Crippen LogP contribution is -2.32. The van der Waals surface area contributed by atoms with Crippen molar-refractivity contribution in [2.24, 2.45) is 5.92 Å². The number of thioether (sulfide) groups is 1. The first-order chi connectivity index (χ1) is 18.9. The third kappa shape index (κ3) is 4.37. The van der Waals surface area contributed by atoms with E-state index in [9.17, 15) is 19.2 Å². The van der Waals surface area contributed by atoms with Crippen molar-refractivity contribution in [3.63, 3.8) is 0 Å². The number of carbonyl (C=O) groups excluding carboxylic acids is 3. The number of nitrogens with zero attached hydrogens (tertiary/aromatic N) is 2. The molecule has 1 N–H and O–H groups in total. The van der Waals surface area contributed by atoms with Crippen LogP contribution < -0.4 is 19.8 Å². The molecule has 3 atom stereocenters. The van der Waals surface area contributed by atoms with Crippen molar-refractivity contribution in [1.82, 2.24) is 4.57 Å². The zero-order chi connectivity index (χ0) is 27.3. The third-order valence-corrected chi connectivity index (χ3v) is 9.47. The number of amides is 3. The Labute approximate surface area is 231 Å². The summed E-state index contributed by atoms with van der Waals surface area (Å²) < 4.78 is 12.2. The molecule has 0 unspecified atom stereocenters. The van der Waals surface area contributed by atoms with E-state index in [-0.39, 0.29) is 23.2 Å². The van der Waals surface area contributed by atoms with Crippen molar-refractivity contribution in [2.75, 3.05) is 17.3 Å². The highest BCUT2D eigenvalue weighted by atomic mass is 32.2. The van der Waals surface area contributed by atoms with Crippen molar-refractivity contribution in [2.45, 2.75) is 29.7 Å². The fourth-order valence-electron chi connectivity index (χ4n) is 5.00. The van der Waals surface area contributed by atoms with Gasteiger partial charge in [-0.05, 0) is 55.5 Å². The molecule has 0 aliphatic carbocycles. The number of ether oxygens (including phenoxy) is 1. The Balaban J connectivity index is 1.35. The molecule has 2 aromatic heterocycles. The van der Waals surface area contributed by atoms with Crippen LogP contribution in [0, 0.1) is 12.8 Å². The maximum absolute atomic E-state index is 13.8. The molecule has 1 fully saturated rings. The third-order valence-electron chi connectivity index (χ3n) is 6.87. The minimum Gasteiger partial charge on any atom is -0.497 e. The molecule has 1 saturated heterocycles. The number of hydrogen-bond acceptors (Lipinski definition) is 8. The van der Waals surface area contributed by atoms with E-state index < -0.39 is 23.0 Å². The molecule has 0 saturated carbocycles. The number of aromatic nitrogens is 1. The summed E-state index contributed by atoms with van der Waals surface area (Å²) in [7, 11) is 1.56. The van der Waals surface area contributed by atoms with Gasteiger partial charge in [-0.15, -0.1) is 0 Å². The van der Waals surface area contributed by atoms with Gasteiger partial charge in [0.05, 0.1) is 40.8 Å². The Kier molecular flexibility index (Phi) is 6.40. The second-order valence-electron chi connectivity index (χ2n) is 9.30. The van der Waals surface area contributed by atoms with E-state index in [0.29, 0.717) is 32.8 Å². The Morgan fingerprint density at radius 2 is 1.77 bits per heavy atom. The summed E-state index contributed by atoms with van der Waals surface area (Å²) >= 11 is 2.14. The molecule has 39 heavy (non-hydrogen) atoms. The van der Waals surface area contributed by atoms with E-state index in [1.54, 1.807) is 55.6 Å². The van der Waals surface area contributed by atoms with Gasteiger partial charge >= 0.3 is 4.87 Å². The number of benzene rings is 2. The maximum Gasteiger partial charge on any atom is 0.308 e. The van der Waals surface area contributed by atoms with Gasteiger partial charge < -0.3 is 14.5 Å². The number of imide groups is 1. The smallest absolute Gasteiger partial charge is 0.308 e. The highest BCUT2D eigenvalue weighted by molar-refractivity contribution is 8.00. The van der Waals surface area contributed by atoms with E-state index in [4.69, 9.17) is 9.15 Å². The van der Waals surface area contributed by atoms with Crippen molar-refractivity contribution < 1.29 is 23.5 Å². The SMILES string of the molecule is COc1ccc(NC(=O)Cn2c3c(sc2=O)[C@@H](c2ccco2)[C@@H]2C(=O)N(c4ccc(C)cc4)C(=O)[C@@H]2S3)cc1. The lowest BCUT2D eigenvalue weighted by Gasteiger charge is -2.29. The predicted octanol–water partition coefficient (Wildman–Crippen LogP) is 4.25. The highest BCUT2D eigenvalue weighted by Crippen LogP contribution is 2.53. The maximum atomic E-state index is 13.8. The number of methoxy groups -OCH3 is 1. The number of furan rings is 1. The van der Waals surface area contributed by atoms with Crippen LogP contribution in [0.3, 0.4) is 0 Å². The Morgan fingerprint density at radius 3 is 2.44 bits per heavy atom. The largest absolute Gasteiger partial charge is 0.497 e. The minimum atomic E-state index is -0.772. The molecule has 2 aliphatic rings. The first-order valence-electron chi connectivity index (χ1n) is 12.2. The fraction of sp³-hybridized carbons (Fsp3) is 0.214. The van der Waals surface area contributed by atoms with E-state index in [2.05, 4.69) is 5.32 Å². The normalized spacial score (nSPS) is 20.1. The van der Waals surface area contributed by atoms with E-state index in [1.165, 1.54) is 27.5 Å². The number of thiazole rings is 1. The van der Waals surface area contributed by atoms with Gasteiger partial charge in [0, 0.05) is 5.69 Å². The number of fused-ring (bicyclic) bond motifs is 2. The summed E-state index contributed by atoms with van der Waals surface area (Å²) in [6.45, 7) is 1.69. The first-order valence-corrected chi connectivity index (χ1v) is 13.9. The van der Waals surface area contributed by atoms with Crippen LogP contribution in [0.2, 0.25) is 0 Å². The van der Waals surface area contributed by atoms with Gasteiger partial charge in [-0.3, -0.25) is 23.7 Å². The summed E-state index contributed by atoms with van der Waals surface area (Å²) in [6, 6.07) is 17.5. The van der Waals surface area contributed by atoms with Gasteiger partial charge in [0.2, 0.25) is 17.7 Å². The van der Waals surface area contributed by atoms with E-state index in [0.717, 1.165) is 16.9 Å². The van der Waals surface area contributed by atoms with Crippen LogP contribution in [-0.4, -0.2) is 34.6 Å². The molecule has 0 radical (unpaired) electrons. The zero-order valence-corrected chi connectivity index (χ0v) is 22.6. The van der Waals surface area contributed by atoms with Gasteiger partial charge in [-0.1, -0.05) is 40.8 Å². The summed E-state index contributed by atoms with van der Waals surface area (Å²) in [6.07, 6.45) is 1.51. The monoisotopic (exact) mass is 561 g/mol. The number of hydrogen-bond donors (Lipinski definition) is 1. The van der Waals surface area contributed by atoms with Gasteiger partial charge in [0.1, 0.15) is 23.3 Å². The fourth-order valence-corrected chi connectivity index (χ4v) is 7.75. The van der Waals surface area contributed by atoms with Crippen LogP contribution in [0.15, 0.2) is 81.2 Å². The topological polar surface area (TPSA) is 111 Å². The Morgan fingerprint density at radius 1 is 1.03 bits per heavy atom. The summed E-state index contributed by atoms with van der Waals surface area (Å²) in [5, 5.41) is 2.53. The molecule has 198 valence electrons. The van der Waals surface area contributed by atoms with Gasteiger partial charge in [0.25, 0.3) is 0 Å². The van der Waals surface area contributed by atoms with Crippen LogP contribution in [-0.2, 0) is 20.9 Å². The molecule has 9 nitrogen and oxygen atoms in total. The summed E-state index contributed by atoms with van der Waals surface area (Å²) in [4.78, 5) is 55.0. The number of aryl methyl sites for hydroxylation is 1. The highest BCUT2D eigenvalue weighted by Gasteiger charge is 2.57. The molecule has 4 aromatic rings. The lowest BCUT2D eigenvalue weighted by atomic mass is 9.87. The minimum absolute atomic E-state index is 0.240. The first kappa shape index (κ1) is 25.2. The second kappa shape index (κ2) is 9.90. The van der Waals surface area contributed by atoms with Crippen LogP contribution >= 0.6 is 23.1 Å². The predicted molar refractivity (Wildman–Crippen MR) is 148 cm³/mol. The Hall–Kier alpha value is -4.09. The number of nitrogens with one attached hydrogen (secondary N) is 1. The quantitative estimate of drug-likeness (QED) is 0.350. The van der Waals surface area contributed by atoms with Crippen molar-refractivity contribution in [1.29, 1.82) is 0 Å². The van der Waals surface area contributed by atoms with Gasteiger partial charge in [0.15, 0.2) is 0 Å². The molecular formula is C28H23N3O6S2. The number of rotatable bonds is 6. The lowest BCUT2D eigenvalue weighted by molar-refractivity contribution is -0.122. The van der Waals surface area contributed by atoms with Crippen molar-refractivity contribution in [3.05, 3.63) is 92.8 Å². The number of carbonyl (C=O) groups is 3. The zero-order valence-electron chi connectivity index (χ0n) is 21.0. The average Bonchev–Trinajstić information content (AvgIpc) is 3.63. The molecule has 2 aliphatic heterocycles. The van der Waals surface area contributed by atoms with E-state index in [1.807, 2.05) is 19.1 Å². The van der Waals surface area contributed by atoms with Crippen LogP contribution in [0.1, 0.15) is 22.1 Å². The molecule has 0 bridgehead atoms. The van der Waals surface area contributed by atoms with Crippen LogP contribution in [0.25, 0.3) is 0 Å². The van der Waals surface area contributed by atoms with E-state index >= 15 is 0 Å². The molecule has 3 amide bonds. The molecule has 2 aromatic carbocycles. The summed E-state index contributed by atoms with van der Waals surface area (Å²) in [5.41, 5.74) is 2.07. The van der Waals surface area contributed by atoms with Crippen molar-refractivity contribution in [3.8, 4) is 5.75 Å². The summed E-state index contributed by atoms with van der Waals surface area (Å²) in [5.74, 6) is -1.31. The van der Waals surface area contributed by atoms with Gasteiger partial charge in [-0.25, -0.2) is 4.90 Å². The molecule has 11 heteroatoms. The number of anilines is 2. The second-order valence-corrected chi connectivity index (χ2v) is 11.4. The van der Waals surface area contributed by atoms with Crippen LogP contribution in [0.5, 0.6) is 5.75 Å². The average molecular weight is 562 g/mol. The molecular weight excluding hydrogens is 538 g/mol.